The fourth-order valence-electron chi connectivity index (χ4n) is 4.12. The summed E-state index contributed by atoms with van der Waals surface area (Å²) in [5, 5.41) is 18.3. The van der Waals surface area contributed by atoms with Crippen LogP contribution in [0.25, 0.3) is 16.6 Å². The number of likely N-dealkylation sites (tertiary alicyclic amines) is 1. The SMILES string of the molecule is COc1ccc(-n2c(C3CCCN3C(=O)O)nc3c(C(F)(F)F)cc(C#N)cc3c2=O)cc1F. The molecule has 0 radical (unpaired) electrons. The van der Waals surface area contributed by atoms with E-state index in [9.17, 15) is 37.5 Å². The third-order valence-corrected chi connectivity index (χ3v) is 5.62. The molecule has 1 N–H and O–H groups in total. The van der Waals surface area contributed by atoms with Crippen molar-refractivity contribution in [3.63, 3.8) is 0 Å². The maximum atomic E-state index is 14.5. The molecule has 1 aromatic heterocycles. The zero-order valence-electron chi connectivity index (χ0n) is 17.6. The molecule has 1 unspecified atom stereocenters. The Kier molecular flexibility index (Phi) is 5.64. The average Bonchev–Trinajstić information content (AvgIpc) is 3.28. The zero-order valence-corrected chi connectivity index (χ0v) is 17.6. The Bertz CT molecular complexity index is 1410. The van der Waals surface area contributed by atoms with Gasteiger partial charge in [-0.1, -0.05) is 0 Å². The van der Waals surface area contributed by atoms with Crippen molar-refractivity contribution in [1.29, 1.82) is 5.26 Å². The number of carboxylic acid groups (broad SMARTS) is 1. The molecule has 0 aliphatic carbocycles. The summed E-state index contributed by atoms with van der Waals surface area (Å²) in [4.78, 5) is 30.4. The third-order valence-electron chi connectivity index (χ3n) is 5.62. The number of fused-ring (bicyclic) bond motifs is 1. The quantitative estimate of drug-likeness (QED) is 0.567. The highest BCUT2D eigenvalue weighted by Gasteiger charge is 2.38. The molecular weight excluding hydrogens is 460 g/mol. The topological polar surface area (TPSA) is 108 Å². The second kappa shape index (κ2) is 8.33. The van der Waals surface area contributed by atoms with Crippen molar-refractivity contribution >= 4 is 17.0 Å². The van der Waals surface area contributed by atoms with E-state index in [0.29, 0.717) is 12.5 Å². The first kappa shape index (κ1) is 23.0. The lowest BCUT2D eigenvalue weighted by molar-refractivity contribution is -0.136. The molecule has 2 heterocycles. The number of nitrogens with zero attached hydrogens (tertiary/aromatic N) is 4. The first-order valence-electron chi connectivity index (χ1n) is 9.98. The van der Waals surface area contributed by atoms with Gasteiger partial charge in [-0.15, -0.1) is 0 Å². The standard InChI is InChI=1S/C22H16F4N4O4/c1-34-17-5-4-12(9-15(17)23)30-19(16-3-2-6-29(16)21(32)33)28-18-13(20(30)31)7-11(10-27)8-14(18)22(24,25)26/h4-5,7-9,16H,2-3,6H2,1H3,(H,32,33). The number of hydrogen-bond acceptors (Lipinski definition) is 5. The first-order valence-corrected chi connectivity index (χ1v) is 9.98. The minimum atomic E-state index is -4.94. The molecule has 34 heavy (non-hydrogen) atoms. The summed E-state index contributed by atoms with van der Waals surface area (Å²) >= 11 is 0. The highest BCUT2D eigenvalue weighted by Crippen LogP contribution is 2.37. The highest BCUT2D eigenvalue weighted by atomic mass is 19.4. The average molecular weight is 476 g/mol. The Morgan fingerprint density at radius 1 is 1.29 bits per heavy atom. The molecule has 1 amide bonds. The molecule has 4 rings (SSSR count). The van der Waals surface area contributed by atoms with Crippen LogP contribution in [0.1, 0.15) is 35.8 Å². The predicted molar refractivity (Wildman–Crippen MR) is 110 cm³/mol. The van der Waals surface area contributed by atoms with Crippen LogP contribution in [-0.4, -0.2) is 39.3 Å². The molecule has 3 aromatic rings. The molecule has 8 nitrogen and oxygen atoms in total. The number of ether oxygens (including phenoxy) is 1. The lowest BCUT2D eigenvalue weighted by Gasteiger charge is -2.25. The van der Waals surface area contributed by atoms with E-state index in [4.69, 9.17) is 4.74 Å². The number of benzene rings is 2. The van der Waals surface area contributed by atoms with Gasteiger partial charge in [-0.05, 0) is 37.1 Å². The summed E-state index contributed by atoms with van der Waals surface area (Å²) in [6.45, 7) is 0.0877. The summed E-state index contributed by atoms with van der Waals surface area (Å²) in [5.41, 5.74) is -3.50. The van der Waals surface area contributed by atoms with Crippen LogP contribution in [0.15, 0.2) is 35.1 Å². The van der Waals surface area contributed by atoms with Crippen molar-refractivity contribution in [2.45, 2.75) is 25.1 Å². The normalized spacial score (nSPS) is 16.0. The Morgan fingerprint density at radius 2 is 2.03 bits per heavy atom. The first-order chi connectivity index (χ1) is 16.1. The van der Waals surface area contributed by atoms with Gasteiger partial charge in [0.2, 0.25) is 0 Å². The van der Waals surface area contributed by atoms with Crippen LogP contribution in [0.2, 0.25) is 0 Å². The highest BCUT2D eigenvalue weighted by molar-refractivity contribution is 5.84. The number of amides is 1. The van der Waals surface area contributed by atoms with Crippen molar-refractivity contribution in [2.24, 2.45) is 0 Å². The molecule has 1 aliphatic rings. The summed E-state index contributed by atoms with van der Waals surface area (Å²) in [5.74, 6) is -1.26. The van der Waals surface area contributed by atoms with Crippen molar-refractivity contribution < 1.29 is 32.2 Å². The van der Waals surface area contributed by atoms with Gasteiger partial charge in [0.25, 0.3) is 5.56 Å². The van der Waals surface area contributed by atoms with E-state index in [2.05, 4.69) is 4.98 Å². The van der Waals surface area contributed by atoms with Crippen molar-refractivity contribution in [2.75, 3.05) is 13.7 Å². The second-order valence-corrected chi connectivity index (χ2v) is 7.59. The van der Waals surface area contributed by atoms with Gasteiger partial charge in [-0.25, -0.2) is 14.2 Å². The van der Waals surface area contributed by atoms with Crippen LogP contribution < -0.4 is 10.3 Å². The molecular formula is C22H16F4N4O4. The molecule has 1 aliphatic heterocycles. The summed E-state index contributed by atoms with van der Waals surface area (Å²) < 4.78 is 61.7. The monoisotopic (exact) mass is 476 g/mol. The third kappa shape index (κ3) is 3.79. The Labute approximate surface area is 189 Å². The minimum absolute atomic E-state index is 0.0825. The van der Waals surface area contributed by atoms with Gasteiger partial charge in [-0.3, -0.25) is 14.3 Å². The van der Waals surface area contributed by atoms with Gasteiger partial charge in [0.1, 0.15) is 5.82 Å². The summed E-state index contributed by atoms with van der Waals surface area (Å²) in [7, 11) is 1.23. The number of alkyl halides is 3. The van der Waals surface area contributed by atoms with E-state index in [1.54, 1.807) is 6.07 Å². The maximum absolute atomic E-state index is 14.5. The number of carbonyl (C=O) groups is 1. The molecule has 2 aromatic carbocycles. The Morgan fingerprint density at radius 3 is 2.62 bits per heavy atom. The van der Waals surface area contributed by atoms with E-state index < -0.39 is 51.7 Å². The van der Waals surface area contributed by atoms with E-state index in [0.717, 1.165) is 21.6 Å². The number of methoxy groups -OCH3 is 1. The van der Waals surface area contributed by atoms with Crippen LogP contribution in [0.3, 0.4) is 0 Å². The number of nitriles is 1. The summed E-state index contributed by atoms with van der Waals surface area (Å²) in [6, 6.07) is 5.58. The molecule has 12 heteroatoms. The lowest BCUT2D eigenvalue weighted by atomic mass is 10.0. The van der Waals surface area contributed by atoms with Crippen LogP contribution in [0, 0.1) is 17.1 Å². The molecule has 0 spiro atoms. The van der Waals surface area contributed by atoms with E-state index in [1.807, 2.05) is 0 Å². The van der Waals surface area contributed by atoms with Crippen LogP contribution in [0.4, 0.5) is 22.4 Å². The molecule has 1 fully saturated rings. The van der Waals surface area contributed by atoms with Crippen LogP contribution >= 0.6 is 0 Å². The fraction of sp³-hybridized carbons (Fsp3) is 0.273. The Hall–Kier alpha value is -4.14. The lowest BCUT2D eigenvalue weighted by Crippen LogP contribution is -2.34. The van der Waals surface area contributed by atoms with Gasteiger partial charge in [0, 0.05) is 12.6 Å². The van der Waals surface area contributed by atoms with Crippen molar-refractivity contribution in [3.05, 3.63) is 63.5 Å². The Balaban J connectivity index is 2.13. The predicted octanol–water partition coefficient (Wildman–Crippen LogP) is 4.24. The molecule has 1 atom stereocenters. The number of hydrogen-bond donors (Lipinski definition) is 1. The number of rotatable bonds is 3. The van der Waals surface area contributed by atoms with Crippen LogP contribution in [0.5, 0.6) is 5.75 Å². The van der Waals surface area contributed by atoms with Gasteiger partial charge in [0.05, 0.1) is 46.9 Å². The maximum Gasteiger partial charge on any atom is 0.418 e. The number of aromatic nitrogens is 2. The molecule has 176 valence electrons. The largest absolute Gasteiger partial charge is 0.494 e. The van der Waals surface area contributed by atoms with Crippen molar-refractivity contribution in [1.82, 2.24) is 14.5 Å². The minimum Gasteiger partial charge on any atom is -0.494 e. The van der Waals surface area contributed by atoms with Gasteiger partial charge in [0.15, 0.2) is 11.6 Å². The van der Waals surface area contributed by atoms with Gasteiger partial charge >= 0.3 is 12.3 Å². The smallest absolute Gasteiger partial charge is 0.418 e. The van der Waals surface area contributed by atoms with Gasteiger partial charge in [-0.2, -0.15) is 18.4 Å². The summed E-state index contributed by atoms with van der Waals surface area (Å²) in [6.07, 6.45) is -5.69. The van der Waals surface area contributed by atoms with E-state index >= 15 is 0 Å². The van der Waals surface area contributed by atoms with E-state index in [1.165, 1.54) is 19.2 Å². The molecule has 0 saturated carbocycles. The fourth-order valence-corrected chi connectivity index (χ4v) is 4.12. The second-order valence-electron chi connectivity index (χ2n) is 7.59. The zero-order chi connectivity index (χ0) is 24.8. The van der Waals surface area contributed by atoms with Gasteiger partial charge < -0.3 is 9.84 Å². The molecule has 0 bridgehead atoms. The van der Waals surface area contributed by atoms with E-state index in [-0.39, 0.29) is 30.2 Å². The van der Waals surface area contributed by atoms with Crippen molar-refractivity contribution in [3.8, 4) is 17.5 Å². The van der Waals surface area contributed by atoms with Crippen LogP contribution in [-0.2, 0) is 6.18 Å². The molecule has 1 saturated heterocycles. The number of halogens is 4.